The van der Waals surface area contributed by atoms with E-state index in [1.807, 2.05) is 0 Å². The Morgan fingerprint density at radius 2 is 2.26 bits per heavy atom. The molecule has 0 unspecified atom stereocenters. The molecular formula is C12H14N2O4S. The van der Waals surface area contributed by atoms with Crippen molar-refractivity contribution in [3.8, 4) is 0 Å². The van der Waals surface area contributed by atoms with Crippen LogP contribution in [-0.4, -0.2) is 39.9 Å². The summed E-state index contributed by atoms with van der Waals surface area (Å²) in [6.45, 7) is 0. The van der Waals surface area contributed by atoms with Crippen molar-refractivity contribution >= 4 is 23.7 Å². The maximum atomic E-state index is 11.3. The summed E-state index contributed by atoms with van der Waals surface area (Å²) in [6.07, 6.45) is 4.92. The molecule has 1 aliphatic rings. The molecule has 1 N–H and O–H groups in total. The normalized spacial score (nSPS) is 15.8. The predicted molar refractivity (Wildman–Crippen MR) is 68.0 cm³/mol. The number of nitrogens with zero attached hydrogens (tertiary/aromatic N) is 2. The van der Waals surface area contributed by atoms with Crippen molar-refractivity contribution in [2.45, 2.75) is 24.3 Å². The van der Waals surface area contributed by atoms with E-state index in [1.54, 1.807) is 0 Å². The molecule has 0 atom stereocenters. The maximum Gasteiger partial charge on any atom is 0.340 e. The zero-order valence-electron chi connectivity index (χ0n) is 10.5. The second-order valence-corrected chi connectivity index (χ2v) is 5.55. The van der Waals surface area contributed by atoms with E-state index in [4.69, 9.17) is 5.11 Å². The number of aromatic carboxylic acids is 1. The highest BCUT2D eigenvalue weighted by molar-refractivity contribution is 7.99. The third-order valence-electron chi connectivity index (χ3n) is 3.13. The van der Waals surface area contributed by atoms with Gasteiger partial charge in [-0.05, 0) is 18.3 Å². The van der Waals surface area contributed by atoms with Crippen LogP contribution in [-0.2, 0) is 9.53 Å². The highest BCUT2D eigenvalue weighted by atomic mass is 32.2. The minimum absolute atomic E-state index is 0.0571. The molecular weight excluding hydrogens is 268 g/mol. The average molecular weight is 282 g/mol. The molecule has 102 valence electrons. The largest absolute Gasteiger partial charge is 0.478 e. The summed E-state index contributed by atoms with van der Waals surface area (Å²) in [4.78, 5) is 30.0. The van der Waals surface area contributed by atoms with Crippen molar-refractivity contribution in [1.82, 2.24) is 9.97 Å². The van der Waals surface area contributed by atoms with Gasteiger partial charge in [0.05, 0.1) is 13.5 Å². The molecule has 0 aliphatic heterocycles. The van der Waals surface area contributed by atoms with Gasteiger partial charge in [0.25, 0.3) is 0 Å². The van der Waals surface area contributed by atoms with Crippen molar-refractivity contribution in [3.05, 3.63) is 18.1 Å². The molecule has 6 nitrogen and oxygen atoms in total. The first kappa shape index (κ1) is 13.8. The number of ether oxygens (including phenoxy) is 1. The number of carboxylic acid groups (broad SMARTS) is 1. The SMILES string of the molecule is COC(=O)CC1(CSc2ncncc2C(=O)O)CC1. The second kappa shape index (κ2) is 5.56. The van der Waals surface area contributed by atoms with Crippen LogP contribution in [0.3, 0.4) is 0 Å². The van der Waals surface area contributed by atoms with E-state index in [0.29, 0.717) is 17.2 Å². The molecule has 1 aromatic heterocycles. The lowest BCUT2D eigenvalue weighted by Gasteiger charge is -2.13. The summed E-state index contributed by atoms with van der Waals surface area (Å²) in [5, 5.41) is 9.47. The molecule has 1 saturated carbocycles. The third kappa shape index (κ3) is 3.44. The molecule has 2 rings (SSSR count). The molecule has 1 aliphatic carbocycles. The zero-order valence-corrected chi connectivity index (χ0v) is 11.3. The molecule has 0 spiro atoms. The molecule has 0 amide bonds. The van der Waals surface area contributed by atoms with Crippen molar-refractivity contribution in [1.29, 1.82) is 0 Å². The Balaban J connectivity index is 1.99. The third-order valence-corrected chi connectivity index (χ3v) is 4.48. The number of hydrogen-bond acceptors (Lipinski definition) is 6. The summed E-state index contributed by atoms with van der Waals surface area (Å²) in [6, 6.07) is 0. The summed E-state index contributed by atoms with van der Waals surface area (Å²) in [7, 11) is 1.37. The number of hydrogen-bond donors (Lipinski definition) is 1. The van der Waals surface area contributed by atoms with Gasteiger partial charge < -0.3 is 9.84 Å². The fraction of sp³-hybridized carbons (Fsp3) is 0.500. The van der Waals surface area contributed by atoms with E-state index in [1.165, 1.54) is 31.4 Å². The van der Waals surface area contributed by atoms with Gasteiger partial charge in [-0.25, -0.2) is 14.8 Å². The van der Waals surface area contributed by atoms with Crippen molar-refractivity contribution < 1.29 is 19.4 Å². The number of esters is 1. The average Bonchev–Trinajstić information content (AvgIpc) is 3.16. The van der Waals surface area contributed by atoms with Crippen LogP contribution in [0.15, 0.2) is 17.6 Å². The van der Waals surface area contributed by atoms with E-state index in [-0.39, 0.29) is 16.9 Å². The number of rotatable bonds is 6. The van der Waals surface area contributed by atoms with Crippen LogP contribution in [0.25, 0.3) is 0 Å². The van der Waals surface area contributed by atoms with Gasteiger partial charge in [0.15, 0.2) is 0 Å². The van der Waals surface area contributed by atoms with E-state index in [2.05, 4.69) is 14.7 Å². The quantitative estimate of drug-likeness (QED) is 0.481. The zero-order chi connectivity index (χ0) is 13.9. The number of carboxylic acids is 1. The van der Waals surface area contributed by atoms with E-state index in [0.717, 1.165) is 12.8 Å². The highest BCUT2D eigenvalue weighted by Gasteiger charge is 2.44. The summed E-state index contributed by atoms with van der Waals surface area (Å²) in [5.74, 6) is -0.598. The fourth-order valence-corrected chi connectivity index (χ4v) is 2.98. The Labute approximate surface area is 114 Å². The first-order valence-corrected chi connectivity index (χ1v) is 6.78. The second-order valence-electron chi connectivity index (χ2n) is 4.59. The van der Waals surface area contributed by atoms with Crippen LogP contribution in [0.2, 0.25) is 0 Å². The van der Waals surface area contributed by atoms with Crippen LogP contribution < -0.4 is 0 Å². The lowest BCUT2D eigenvalue weighted by molar-refractivity contribution is -0.141. The predicted octanol–water partition coefficient (Wildman–Crippen LogP) is 1.61. The molecule has 1 fully saturated rings. The monoisotopic (exact) mass is 282 g/mol. The molecule has 0 radical (unpaired) electrons. The first-order chi connectivity index (χ1) is 9.06. The number of carbonyl (C=O) groups excluding carboxylic acids is 1. The number of carbonyl (C=O) groups is 2. The lowest BCUT2D eigenvalue weighted by atomic mass is 10.1. The van der Waals surface area contributed by atoms with Gasteiger partial charge in [0.2, 0.25) is 0 Å². The Morgan fingerprint density at radius 1 is 1.53 bits per heavy atom. The topological polar surface area (TPSA) is 89.4 Å². The van der Waals surface area contributed by atoms with Gasteiger partial charge in [-0.1, -0.05) is 0 Å². The van der Waals surface area contributed by atoms with Crippen molar-refractivity contribution in [2.24, 2.45) is 5.41 Å². The van der Waals surface area contributed by atoms with Gasteiger partial charge in [0, 0.05) is 11.9 Å². The van der Waals surface area contributed by atoms with E-state index in [9.17, 15) is 9.59 Å². The standard InChI is InChI=1S/C12H14N2O4S/c1-18-9(15)4-12(2-3-12)6-19-10-8(11(16)17)5-13-7-14-10/h5,7H,2-4,6H2,1H3,(H,16,17). The molecule has 19 heavy (non-hydrogen) atoms. The van der Waals surface area contributed by atoms with Crippen LogP contribution >= 0.6 is 11.8 Å². The van der Waals surface area contributed by atoms with Crippen LogP contribution in [0.4, 0.5) is 0 Å². The van der Waals surface area contributed by atoms with E-state index < -0.39 is 5.97 Å². The van der Waals surface area contributed by atoms with Crippen LogP contribution in [0, 0.1) is 5.41 Å². The molecule has 7 heteroatoms. The molecule has 1 heterocycles. The fourth-order valence-electron chi connectivity index (χ4n) is 1.73. The van der Waals surface area contributed by atoms with Crippen LogP contribution in [0.1, 0.15) is 29.6 Å². The van der Waals surface area contributed by atoms with E-state index >= 15 is 0 Å². The summed E-state index contributed by atoms with van der Waals surface area (Å²) in [5.41, 5.74) is 0.0414. The molecule has 0 bridgehead atoms. The van der Waals surface area contributed by atoms with Gasteiger partial charge in [0.1, 0.15) is 16.9 Å². The first-order valence-electron chi connectivity index (χ1n) is 5.79. The van der Waals surface area contributed by atoms with Crippen molar-refractivity contribution in [2.75, 3.05) is 12.9 Å². The summed E-state index contributed by atoms with van der Waals surface area (Å²) < 4.78 is 4.67. The Hall–Kier alpha value is -1.63. The number of thioether (sulfide) groups is 1. The Bertz CT molecular complexity index is 502. The number of aromatic nitrogens is 2. The highest BCUT2D eigenvalue weighted by Crippen LogP contribution is 2.52. The Kier molecular flexibility index (Phi) is 4.04. The Morgan fingerprint density at radius 3 is 2.84 bits per heavy atom. The van der Waals surface area contributed by atoms with Gasteiger partial charge in [-0.2, -0.15) is 0 Å². The smallest absolute Gasteiger partial charge is 0.340 e. The van der Waals surface area contributed by atoms with Crippen molar-refractivity contribution in [3.63, 3.8) is 0 Å². The summed E-state index contributed by atoms with van der Waals surface area (Å²) >= 11 is 1.36. The van der Waals surface area contributed by atoms with Crippen LogP contribution in [0.5, 0.6) is 0 Å². The molecule has 0 aromatic carbocycles. The number of methoxy groups -OCH3 is 1. The maximum absolute atomic E-state index is 11.3. The minimum Gasteiger partial charge on any atom is -0.478 e. The van der Waals surface area contributed by atoms with Gasteiger partial charge >= 0.3 is 11.9 Å². The van der Waals surface area contributed by atoms with Gasteiger partial charge in [-0.15, -0.1) is 11.8 Å². The molecule has 1 aromatic rings. The lowest BCUT2D eigenvalue weighted by Crippen LogP contribution is -2.13. The minimum atomic E-state index is -1.04. The van der Waals surface area contributed by atoms with Gasteiger partial charge in [-0.3, -0.25) is 4.79 Å². The molecule has 0 saturated heterocycles.